The smallest absolute Gasteiger partial charge is 0.0149 e. The summed E-state index contributed by atoms with van der Waals surface area (Å²) in [4.78, 5) is 2.60. The average molecular weight is 153 g/mol. The molecule has 0 N–H and O–H groups in total. The second kappa shape index (κ2) is 2.48. The summed E-state index contributed by atoms with van der Waals surface area (Å²) in [5.41, 5.74) is 0. The Labute approximate surface area is 69.8 Å². The highest BCUT2D eigenvalue weighted by Crippen LogP contribution is 2.43. The minimum absolute atomic E-state index is 0.841. The Kier molecular flexibility index (Phi) is 1.71. The van der Waals surface area contributed by atoms with E-state index in [2.05, 4.69) is 25.8 Å². The van der Waals surface area contributed by atoms with Crippen LogP contribution in [0.3, 0.4) is 0 Å². The van der Waals surface area contributed by atoms with Crippen molar-refractivity contribution in [1.29, 1.82) is 0 Å². The highest BCUT2D eigenvalue weighted by atomic mass is 15.2. The van der Waals surface area contributed by atoms with Crippen LogP contribution >= 0.6 is 0 Å². The standard InChI is InChI=1S/C10H19N/c1-7-4-5-9-6-8(2)11(3)10(7)9/h7-10H,4-6H2,1-3H3/t7-,8+,9?,10-/m1/s1. The highest BCUT2D eigenvalue weighted by molar-refractivity contribution is 4.97. The number of fused-ring (bicyclic) bond motifs is 1. The zero-order chi connectivity index (χ0) is 8.01. The first-order chi connectivity index (χ1) is 5.20. The third-order valence-corrected chi connectivity index (χ3v) is 3.87. The van der Waals surface area contributed by atoms with Crippen LogP contribution in [0.15, 0.2) is 0 Å². The first kappa shape index (κ1) is 7.60. The molecule has 0 aromatic rings. The second-order valence-electron chi connectivity index (χ2n) is 4.56. The largest absolute Gasteiger partial charge is 0.300 e. The molecule has 1 heteroatoms. The third-order valence-electron chi connectivity index (χ3n) is 3.87. The maximum Gasteiger partial charge on any atom is 0.0149 e. The topological polar surface area (TPSA) is 3.24 Å². The van der Waals surface area contributed by atoms with Crippen molar-refractivity contribution in [3.05, 3.63) is 0 Å². The molecule has 64 valence electrons. The molecule has 4 atom stereocenters. The van der Waals surface area contributed by atoms with Gasteiger partial charge in [0.2, 0.25) is 0 Å². The van der Waals surface area contributed by atoms with Gasteiger partial charge in [-0.25, -0.2) is 0 Å². The van der Waals surface area contributed by atoms with Crippen molar-refractivity contribution in [2.24, 2.45) is 11.8 Å². The lowest BCUT2D eigenvalue weighted by Gasteiger charge is -2.25. The Morgan fingerprint density at radius 3 is 2.55 bits per heavy atom. The molecule has 1 saturated heterocycles. The summed E-state index contributed by atoms with van der Waals surface area (Å²) in [7, 11) is 2.30. The van der Waals surface area contributed by atoms with Crippen LogP contribution in [-0.2, 0) is 0 Å². The zero-order valence-corrected chi connectivity index (χ0v) is 7.88. The Balaban J connectivity index is 2.13. The van der Waals surface area contributed by atoms with Crippen molar-refractivity contribution in [3.63, 3.8) is 0 Å². The monoisotopic (exact) mass is 153 g/mol. The Hall–Kier alpha value is -0.0400. The van der Waals surface area contributed by atoms with E-state index >= 15 is 0 Å². The van der Waals surface area contributed by atoms with E-state index < -0.39 is 0 Å². The van der Waals surface area contributed by atoms with Crippen LogP contribution in [0.2, 0.25) is 0 Å². The van der Waals surface area contributed by atoms with Gasteiger partial charge in [0, 0.05) is 12.1 Å². The Morgan fingerprint density at radius 2 is 1.91 bits per heavy atom. The fourth-order valence-corrected chi connectivity index (χ4v) is 3.17. The van der Waals surface area contributed by atoms with Crippen molar-refractivity contribution >= 4 is 0 Å². The van der Waals surface area contributed by atoms with Gasteiger partial charge in [-0.1, -0.05) is 6.92 Å². The lowest BCUT2D eigenvalue weighted by Crippen LogP contribution is -2.34. The molecule has 0 amide bonds. The summed E-state index contributed by atoms with van der Waals surface area (Å²) in [6, 6.07) is 1.76. The van der Waals surface area contributed by atoms with Gasteiger partial charge in [-0.3, -0.25) is 0 Å². The molecule has 2 rings (SSSR count). The van der Waals surface area contributed by atoms with Crippen molar-refractivity contribution in [1.82, 2.24) is 4.90 Å². The number of rotatable bonds is 0. The highest BCUT2D eigenvalue weighted by Gasteiger charge is 2.43. The lowest BCUT2D eigenvalue weighted by molar-refractivity contribution is 0.206. The molecule has 2 fully saturated rings. The molecule has 0 radical (unpaired) electrons. The maximum atomic E-state index is 2.60. The number of hydrogen-bond donors (Lipinski definition) is 0. The molecule has 11 heavy (non-hydrogen) atoms. The molecule has 1 nitrogen and oxygen atoms in total. The van der Waals surface area contributed by atoms with Gasteiger partial charge in [0.05, 0.1) is 0 Å². The summed E-state index contributed by atoms with van der Waals surface area (Å²) < 4.78 is 0. The van der Waals surface area contributed by atoms with Crippen LogP contribution < -0.4 is 0 Å². The van der Waals surface area contributed by atoms with E-state index in [1.807, 2.05) is 0 Å². The summed E-state index contributed by atoms with van der Waals surface area (Å²) in [6.45, 7) is 4.78. The van der Waals surface area contributed by atoms with Crippen molar-refractivity contribution in [2.45, 2.75) is 45.2 Å². The third kappa shape index (κ3) is 1.01. The van der Waals surface area contributed by atoms with E-state index in [4.69, 9.17) is 0 Å². The second-order valence-corrected chi connectivity index (χ2v) is 4.56. The SMILES string of the molecule is C[C@@H]1CCC2C[C@H](C)N(C)[C@@H]21. The predicted molar refractivity (Wildman–Crippen MR) is 47.5 cm³/mol. The predicted octanol–water partition coefficient (Wildman–Crippen LogP) is 2.13. The molecule has 1 aliphatic heterocycles. The molecule has 0 aromatic heterocycles. The molecule has 1 aliphatic carbocycles. The Morgan fingerprint density at radius 1 is 1.18 bits per heavy atom. The van der Waals surface area contributed by atoms with E-state index in [0.717, 1.165) is 23.9 Å². The first-order valence-corrected chi connectivity index (χ1v) is 4.92. The van der Waals surface area contributed by atoms with E-state index in [0.29, 0.717) is 0 Å². The minimum Gasteiger partial charge on any atom is -0.300 e. The number of nitrogens with zero attached hydrogens (tertiary/aromatic N) is 1. The van der Waals surface area contributed by atoms with Crippen molar-refractivity contribution in [2.75, 3.05) is 7.05 Å². The fourth-order valence-electron chi connectivity index (χ4n) is 3.17. The van der Waals surface area contributed by atoms with Crippen LogP contribution in [0.5, 0.6) is 0 Å². The van der Waals surface area contributed by atoms with Gasteiger partial charge in [-0.05, 0) is 45.1 Å². The van der Waals surface area contributed by atoms with Gasteiger partial charge in [-0.15, -0.1) is 0 Å². The first-order valence-electron chi connectivity index (χ1n) is 4.92. The van der Waals surface area contributed by atoms with Crippen LogP contribution in [0.1, 0.15) is 33.1 Å². The van der Waals surface area contributed by atoms with Crippen LogP contribution in [0.25, 0.3) is 0 Å². The lowest BCUT2D eigenvalue weighted by atomic mass is 10.00. The summed E-state index contributed by atoms with van der Waals surface area (Å²) in [5, 5.41) is 0. The van der Waals surface area contributed by atoms with Crippen LogP contribution in [-0.4, -0.2) is 24.0 Å². The van der Waals surface area contributed by atoms with Gasteiger partial charge in [0.1, 0.15) is 0 Å². The Bertz CT molecular complexity index is 153. The molecular formula is C10H19N. The summed E-state index contributed by atoms with van der Waals surface area (Å²) >= 11 is 0. The summed E-state index contributed by atoms with van der Waals surface area (Å²) in [6.07, 6.45) is 4.40. The van der Waals surface area contributed by atoms with Crippen molar-refractivity contribution in [3.8, 4) is 0 Å². The molecular weight excluding hydrogens is 134 g/mol. The van der Waals surface area contributed by atoms with Crippen LogP contribution in [0, 0.1) is 11.8 Å². The van der Waals surface area contributed by atoms with Gasteiger partial charge in [0.15, 0.2) is 0 Å². The van der Waals surface area contributed by atoms with Gasteiger partial charge < -0.3 is 4.90 Å². The van der Waals surface area contributed by atoms with E-state index in [1.54, 1.807) is 0 Å². The maximum absolute atomic E-state index is 2.60. The molecule has 1 heterocycles. The molecule has 0 bridgehead atoms. The summed E-state index contributed by atoms with van der Waals surface area (Å²) in [5.74, 6) is 1.99. The molecule has 1 saturated carbocycles. The molecule has 2 aliphatic rings. The average Bonchev–Trinajstić information content (AvgIpc) is 2.41. The molecule has 0 aromatic carbocycles. The van der Waals surface area contributed by atoms with E-state index in [1.165, 1.54) is 19.3 Å². The quantitative estimate of drug-likeness (QED) is 0.515. The van der Waals surface area contributed by atoms with E-state index in [9.17, 15) is 0 Å². The molecule has 0 spiro atoms. The molecule has 1 unspecified atom stereocenters. The normalized spacial score (nSPS) is 51.5. The minimum atomic E-state index is 0.841. The number of hydrogen-bond acceptors (Lipinski definition) is 1. The van der Waals surface area contributed by atoms with Crippen molar-refractivity contribution < 1.29 is 0 Å². The fraction of sp³-hybridized carbons (Fsp3) is 1.00. The van der Waals surface area contributed by atoms with Gasteiger partial charge in [0.25, 0.3) is 0 Å². The number of likely N-dealkylation sites (tertiary alicyclic amines) is 1. The van der Waals surface area contributed by atoms with Gasteiger partial charge in [-0.2, -0.15) is 0 Å². The van der Waals surface area contributed by atoms with Crippen LogP contribution in [0.4, 0.5) is 0 Å². The van der Waals surface area contributed by atoms with Gasteiger partial charge >= 0.3 is 0 Å². The zero-order valence-electron chi connectivity index (χ0n) is 7.88. The van der Waals surface area contributed by atoms with E-state index in [-0.39, 0.29) is 0 Å².